The quantitative estimate of drug-likeness (QED) is 0.471. The number of hydrogen-bond acceptors (Lipinski definition) is 1. The smallest absolute Gasteiger partial charge is 0.341 e. The first kappa shape index (κ1) is 5.55. The van der Waals surface area contributed by atoms with Crippen LogP contribution in [0, 0.1) is 0 Å². The lowest BCUT2D eigenvalue weighted by Crippen LogP contribution is -3.00. The van der Waals surface area contributed by atoms with Gasteiger partial charge in [-0.3, -0.25) is 0 Å². The summed E-state index contributed by atoms with van der Waals surface area (Å²) in [6, 6.07) is 2.72. The second kappa shape index (κ2) is 3.93. The second-order valence-electron chi connectivity index (χ2n) is 1.81. The highest BCUT2D eigenvalue weighted by molar-refractivity contribution is 5.86. The lowest BCUT2D eigenvalue weighted by molar-refractivity contribution is -0.671. The molecule has 0 atom stereocenters. The third-order valence-electron chi connectivity index (χ3n) is 1.05. The molecule has 4 heteroatoms. The van der Waals surface area contributed by atoms with Crippen molar-refractivity contribution in [3.63, 3.8) is 0 Å². The molecule has 1 heterocycles. The van der Waals surface area contributed by atoms with Crippen LogP contribution in [0.15, 0.2) is 24.5 Å². The van der Waals surface area contributed by atoms with E-state index in [1.165, 1.54) is 18.3 Å². The summed E-state index contributed by atoms with van der Waals surface area (Å²) in [7, 11) is 0. The Morgan fingerprint density at radius 3 is 3.09 bits per heavy atom. The van der Waals surface area contributed by atoms with E-state index in [1.54, 1.807) is 0 Å². The van der Waals surface area contributed by atoms with Crippen molar-refractivity contribution in [3.8, 4) is 0 Å². The number of aryl methyl sites for hydroxylation is 1. The van der Waals surface area contributed by atoms with E-state index in [0.29, 0.717) is 0 Å². The minimum absolute atomic E-state index is 0. The summed E-state index contributed by atoms with van der Waals surface area (Å²) in [5.74, 6) is -1.14. The van der Waals surface area contributed by atoms with Gasteiger partial charge in [0, 0.05) is 6.07 Å². The van der Waals surface area contributed by atoms with Crippen molar-refractivity contribution in [2.45, 2.75) is 0 Å². The van der Waals surface area contributed by atoms with E-state index in [-0.39, 0.29) is 18.0 Å². The Morgan fingerprint density at radius 1 is 1.82 bits per heavy atom. The molecule has 0 saturated carbocycles. The Morgan fingerprint density at radius 2 is 2.55 bits per heavy atom. The maximum Gasteiger partial charge on any atom is 0.341 e. The molecule has 0 bridgehead atoms. The maximum atomic E-state index is 10.5. The van der Waals surface area contributed by atoms with E-state index in [9.17, 15) is 4.79 Å². The zero-order valence-electron chi connectivity index (χ0n) is 8.49. The largest absolute Gasteiger partial charge is 1.00 e. The van der Waals surface area contributed by atoms with Gasteiger partial charge < -0.3 is 17.5 Å². The van der Waals surface area contributed by atoms with Crippen LogP contribution in [-0.4, -0.2) is 11.1 Å². The Balaban J connectivity index is 0.00000169. The maximum absolute atomic E-state index is 10.5. The molecule has 60 valence electrons. The van der Waals surface area contributed by atoms with E-state index in [1.807, 2.05) is 0 Å². The fourth-order valence-corrected chi connectivity index (χ4v) is 0.602. The number of aromatic nitrogens is 1. The standard InChI is InChI=1S/C7H7NO2.ClH/c1-8-4-2-3-6(5-8)7(9)10;/h2-5H,1H3;1H/i1D3;. The molecule has 0 saturated heterocycles. The van der Waals surface area contributed by atoms with Crippen LogP contribution in [0.3, 0.4) is 0 Å². The number of halogens is 1. The molecule has 11 heavy (non-hydrogen) atoms. The number of pyridine rings is 1. The average molecular weight is 177 g/mol. The van der Waals surface area contributed by atoms with Crippen molar-refractivity contribution in [2.75, 3.05) is 0 Å². The summed E-state index contributed by atoms with van der Waals surface area (Å²) in [5.41, 5.74) is -0.0429. The summed E-state index contributed by atoms with van der Waals surface area (Å²) < 4.78 is 21.9. The van der Waals surface area contributed by atoms with E-state index in [0.717, 1.165) is 10.8 Å². The van der Waals surface area contributed by atoms with Crippen molar-refractivity contribution in [2.24, 2.45) is 6.98 Å². The van der Waals surface area contributed by atoms with Crippen LogP contribution >= 0.6 is 0 Å². The van der Waals surface area contributed by atoms with Crippen molar-refractivity contribution in [1.82, 2.24) is 0 Å². The molecule has 1 N–H and O–H groups in total. The number of rotatable bonds is 1. The molecule has 0 radical (unpaired) electrons. The normalized spacial score (nSPS) is 13.6. The van der Waals surface area contributed by atoms with Gasteiger partial charge in [-0.15, -0.1) is 0 Å². The predicted octanol–water partition coefficient (Wildman–Crippen LogP) is -2.79. The molecular weight excluding hydrogens is 166 g/mol. The molecule has 1 aromatic heterocycles. The second-order valence-corrected chi connectivity index (χ2v) is 1.81. The summed E-state index contributed by atoms with van der Waals surface area (Å²) in [5, 5.41) is 8.58. The first-order chi connectivity index (χ1) is 5.91. The van der Waals surface area contributed by atoms with Crippen LogP contribution in [0.2, 0.25) is 0 Å². The number of nitrogens with zero attached hydrogens (tertiary/aromatic N) is 1. The predicted molar refractivity (Wildman–Crippen MR) is 34.6 cm³/mol. The van der Waals surface area contributed by atoms with Gasteiger partial charge in [0.1, 0.15) is 16.7 Å². The van der Waals surface area contributed by atoms with Gasteiger partial charge in [0.2, 0.25) is 0 Å². The van der Waals surface area contributed by atoms with Crippen LogP contribution in [0.5, 0.6) is 0 Å². The molecule has 0 spiro atoms. The molecule has 0 aliphatic heterocycles. The Labute approximate surface area is 74.9 Å². The van der Waals surface area contributed by atoms with E-state index >= 15 is 0 Å². The highest BCUT2D eigenvalue weighted by atomic mass is 35.5. The van der Waals surface area contributed by atoms with Crippen molar-refractivity contribution >= 4 is 5.97 Å². The van der Waals surface area contributed by atoms with Gasteiger partial charge in [-0.2, -0.15) is 0 Å². The van der Waals surface area contributed by atoms with E-state index < -0.39 is 12.9 Å². The Bertz CT molecular complexity index is 340. The van der Waals surface area contributed by atoms with Gasteiger partial charge in [-0.25, -0.2) is 9.36 Å². The topological polar surface area (TPSA) is 41.2 Å². The highest BCUT2D eigenvalue weighted by Gasteiger charge is 2.04. The molecule has 0 aliphatic carbocycles. The summed E-state index contributed by atoms with van der Waals surface area (Å²) in [6.45, 7) is -2.33. The molecule has 0 amide bonds. The zero-order chi connectivity index (χ0) is 10.1. The summed E-state index contributed by atoms with van der Waals surface area (Å²) in [6.07, 6.45) is 2.38. The first-order valence-corrected chi connectivity index (χ1v) is 2.66. The lowest BCUT2D eigenvalue weighted by atomic mass is 10.3. The first-order valence-electron chi connectivity index (χ1n) is 4.16. The lowest BCUT2D eigenvalue weighted by Gasteiger charge is -1.88. The molecule has 1 rings (SSSR count). The minimum Gasteiger partial charge on any atom is -1.00 e. The number of carboxylic acid groups (broad SMARTS) is 1. The van der Waals surface area contributed by atoms with Crippen molar-refractivity contribution in [3.05, 3.63) is 30.1 Å². The van der Waals surface area contributed by atoms with Crippen LogP contribution in [0.4, 0.5) is 0 Å². The Hall–Kier alpha value is -1.09. The van der Waals surface area contributed by atoms with Crippen LogP contribution < -0.4 is 17.0 Å². The third kappa shape index (κ3) is 2.55. The SMILES string of the molecule is [2H]C([2H])([2H])[n+]1cccc(C(=O)O)c1.[Cl-]. The number of hydrogen-bond donors (Lipinski definition) is 1. The van der Waals surface area contributed by atoms with Crippen molar-refractivity contribution < 1.29 is 31.0 Å². The average Bonchev–Trinajstić information content (AvgIpc) is 2.03. The Kier molecular flexibility index (Phi) is 1.98. The molecule has 0 aromatic carbocycles. The van der Waals surface area contributed by atoms with Crippen LogP contribution in [-0.2, 0) is 6.98 Å². The monoisotopic (exact) mass is 176 g/mol. The van der Waals surface area contributed by atoms with Gasteiger partial charge in [0.05, 0.1) is 0 Å². The third-order valence-corrected chi connectivity index (χ3v) is 1.05. The highest BCUT2D eigenvalue weighted by Crippen LogP contribution is 1.91. The molecule has 0 aliphatic rings. The van der Waals surface area contributed by atoms with E-state index in [4.69, 9.17) is 9.22 Å². The zero-order valence-corrected chi connectivity index (χ0v) is 6.25. The summed E-state index contributed by atoms with van der Waals surface area (Å²) >= 11 is 0. The fourth-order valence-electron chi connectivity index (χ4n) is 0.602. The van der Waals surface area contributed by atoms with Gasteiger partial charge in [0.15, 0.2) is 12.4 Å². The van der Waals surface area contributed by atoms with Gasteiger partial charge in [-0.05, 0) is 6.07 Å². The van der Waals surface area contributed by atoms with Crippen molar-refractivity contribution in [1.29, 1.82) is 0 Å². The van der Waals surface area contributed by atoms with E-state index in [2.05, 4.69) is 0 Å². The molecule has 3 nitrogen and oxygen atoms in total. The molecule has 0 fully saturated rings. The number of aromatic carboxylic acids is 1. The van der Waals surface area contributed by atoms with Gasteiger partial charge in [-0.1, -0.05) is 0 Å². The molecular formula is C7H8ClNO2. The minimum atomic E-state index is -2.33. The van der Waals surface area contributed by atoms with Crippen LogP contribution in [0.1, 0.15) is 14.5 Å². The summed E-state index contributed by atoms with van der Waals surface area (Å²) in [4.78, 5) is 10.5. The molecule has 1 aromatic rings. The molecule has 0 unspecified atom stereocenters. The number of carbonyl (C=O) groups is 1. The fraction of sp³-hybridized carbons (Fsp3) is 0.143. The van der Waals surface area contributed by atoms with Gasteiger partial charge >= 0.3 is 5.97 Å². The number of carboxylic acids is 1. The van der Waals surface area contributed by atoms with Crippen LogP contribution in [0.25, 0.3) is 0 Å². The van der Waals surface area contributed by atoms with Gasteiger partial charge in [0.25, 0.3) is 0 Å².